The Bertz CT molecular complexity index is 2780. The number of phenolic OH excluding ortho intramolecular Hbond substituents is 2. The highest BCUT2D eigenvalue weighted by Crippen LogP contribution is 2.33. The van der Waals surface area contributed by atoms with E-state index < -0.39 is 11.8 Å². The van der Waals surface area contributed by atoms with E-state index >= 15 is 0 Å². The summed E-state index contributed by atoms with van der Waals surface area (Å²) in [5.74, 6) is 1.01. The highest BCUT2D eigenvalue weighted by Gasteiger charge is 2.12. The number of primary amides is 2. The zero-order valence-corrected chi connectivity index (χ0v) is 31.6. The number of carbonyl (C=O) groups excluding carboxylic acids is 2. The number of nitrogens with one attached hydrogen (secondary N) is 2. The van der Waals surface area contributed by atoms with E-state index in [0.29, 0.717) is 61.5 Å². The molecule has 0 saturated carbocycles. The number of aromatic hydroxyl groups is 2. The normalized spacial score (nSPS) is 10.8. The number of carbonyl (C=O) groups is 2. The first-order valence-electron chi connectivity index (χ1n) is 17.2. The average Bonchev–Trinajstić information content (AvgIpc) is 3.81. The van der Waals surface area contributed by atoms with Crippen molar-refractivity contribution in [3.63, 3.8) is 0 Å². The topological polar surface area (TPSA) is 230 Å². The first-order chi connectivity index (χ1) is 27.9. The third-order valence-electron chi connectivity index (χ3n) is 8.15. The van der Waals surface area contributed by atoms with E-state index in [-0.39, 0.29) is 24.7 Å². The second kappa shape index (κ2) is 17.1. The molecule has 0 aliphatic carbocycles. The average molecular weight is 820 g/mol. The van der Waals surface area contributed by atoms with Crippen LogP contribution in [0.15, 0.2) is 122 Å². The molecule has 0 saturated heterocycles. The number of hydrogen-bond acceptors (Lipinski definition) is 12. The fourth-order valence-electron chi connectivity index (χ4n) is 5.52. The minimum atomic E-state index is -0.548. The number of pyridine rings is 2. The Balaban J connectivity index is 0.000000177. The van der Waals surface area contributed by atoms with Gasteiger partial charge in [-0.25, -0.2) is 9.03 Å². The number of hydrogen-bond donors (Lipinski definition) is 6. The molecule has 16 nitrogen and oxygen atoms in total. The highest BCUT2D eigenvalue weighted by molar-refractivity contribution is 6.33. The first-order valence-corrected chi connectivity index (χ1v) is 18.0. The summed E-state index contributed by atoms with van der Waals surface area (Å²) in [5, 5.41) is 35.6. The van der Waals surface area contributed by atoms with Crippen molar-refractivity contribution in [2.24, 2.45) is 11.5 Å². The smallest absolute Gasteiger partial charge is 0.255 e. The molecule has 0 aliphatic heterocycles. The lowest BCUT2D eigenvalue weighted by atomic mass is 10.1. The molecular weight excluding hydrogens is 787 g/mol. The van der Waals surface area contributed by atoms with Gasteiger partial charge in [-0.1, -0.05) is 29.3 Å². The summed E-state index contributed by atoms with van der Waals surface area (Å²) in [5.41, 5.74) is 15.9. The van der Waals surface area contributed by atoms with Crippen molar-refractivity contribution in [3.8, 4) is 45.3 Å². The van der Waals surface area contributed by atoms with Gasteiger partial charge in [0.15, 0.2) is 24.5 Å². The van der Waals surface area contributed by atoms with Gasteiger partial charge in [-0.3, -0.25) is 9.59 Å². The zero-order valence-electron chi connectivity index (χ0n) is 30.1. The van der Waals surface area contributed by atoms with Crippen LogP contribution in [0.4, 0.5) is 23.3 Å². The van der Waals surface area contributed by atoms with Gasteiger partial charge in [0, 0.05) is 62.1 Å². The van der Waals surface area contributed by atoms with Crippen LogP contribution >= 0.6 is 23.2 Å². The summed E-state index contributed by atoms with van der Waals surface area (Å²) in [6, 6.07) is 30.9. The third kappa shape index (κ3) is 9.62. The van der Waals surface area contributed by atoms with Crippen LogP contribution in [-0.4, -0.2) is 64.4 Å². The van der Waals surface area contributed by atoms with Crippen LogP contribution in [0.2, 0.25) is 10.0 Å². The van der Waals surface area contributed by atoms with Crippen LogP contribution in [0, 0.1) is 0 Å². The van der Waals surface area contributed by atoms with Gasteiger partial charge in [0.05, 0.1) is 0 Å². The molecule has 0 unspecified atom stereocenters. The van der Waals surface area contributed by atoms with Gasteiger partial charge in [-0.05, 0) is 97.1 Å². The molecule has 0 spiro atoms. The largest absolute Gasteiger partial charge is 0.508 e. The molecule has 8 rings (SSSR count). The summed E-state index contributed by atoms with van der Waals surface area (Å²) in [7, 11) is 0. The van der Waals surface area contributed by atoms with Crippen molar-refractivity contribution in [1.29, 1.82) is 0 Å². The van der Waals surface area contributed by atoms with E-state index in [2.05, 4.69) is 30.8 Å². The van der Waals surface area contributed by atoms with E-state index in [1.165, 1.54) is 12.1 Å². The highest BCUT2D eigenvalue weighted by atomic mass is 35.5. The summed E-state index contributed by atoms with van der Waals surface area (Å²) < 4.78 is 13.8. The summed E-state index contributed by atoms with van der Waals surface area (Å²) >= 11 is 12.5. The van der Waals surface area contributed by atoms with Crippen molar-refractivity contribution in [1.82, 2.24) is 29.2 Å². The van der Waals surface area contributed by atoms with Crippen LogP contribution in [0.25, 0.3) is 33.5 Å². The van der Waals surface area contributed by atoms with E-state index in [4.69, 9.17) is 44.1 Å². The van der Waals surface area contributed by atoms with Crippen LogP contribution in [-0.2, 0) is 9.59 Å². The van der Waals surface area contributed by atoms with E-state index in [0.717, 1.165) is 16.8 Å². The second-order valence-electron chi connectivity index (χ2n) is 12.5. The van der Waals surface area contributed by atoms with Crippen molar-refractivity contribution >= 4 is 69.6 Å². The lowest BCUT2D eigenvalue weighted by Gasteiger charge is -2.06. The maximum absolute atomic E-state index is 10.9. The zero-order chi connectivity index (χ0) is 40.8. The van der Waals surface area contributed by atoms with E-state index in [1.807, 2.05) is 24.3 Å². The lowest BCUT2D eigenvalue weighted by molar-refractivity contribution is -0.120. The predicted molar refractivity (Wildman–Crippen MR) is 219 cm³/mol. The summed E-state index contributed by atoms with van der Waals surface area (Å²) in [6.07, 6.45) is 3.56. The number of nitrogens with two attached hydrogens (primary N) is 2. The van der Waals surface area contributed by atoms with Crippen molar-refractivity contribution in [2.45, 2.75) is 0 Å². The Morgan fingerprint density at radius 2 is 1.10 bits per heavy atom. The van der Waals surface area contributed by atoms with Gasteiger partial charge in [-0.15, -0.1) is 10.2 Å². The van der Waals surface area contributed by atoms with Gasteiger partial charge in [0.25, 0.3) is 11.8 Å². The van der Waals surface area contributed by atoms with Crippen LogP contribution in [0.1, 0.15) is 0 Å². The number of fused-ring (bicyclic) bond motifs is 2. The molecule has 4 aromatic carbocycles. The lowest BCUT2D eigenvalue weighted by Crippen LogP contribution is -2.20. The maximum Gasteiger partial charge on any atom is 0.255 e. The number of nitrogens with zero attached hydrogens (tertiary/aromatic N) is 6. The Kier molecular flexibility index (Phi) is 11.4. The molecule has 0 aliphatic rings. The molecule has 0 bridgehead atoms. The second-order valence-corrected chi connectivity index (χ2v) is 13.3. The standard InChI is InChI=1S/2C20H16ClN5O3/c21-17-7-4-14(27)9-16(17)12-1-8-19-24-20(25-26(19)10-12)23-13-2-5-15(6-3-13)29-11-18(22)28;21-17-6-5-14(27)9-16(17)12-4-7-19-24-20(25-26(19)10-12)23-13-2-1-3-15(8-13)29-11-18(22)28/h2*1-10,27H,11H2,(H2,22,28)(H,23,25). The molecule has 2 amide bonds. The van der Waals surface area contributed by atoms with Gasteiger partial charge >= 0.3 is 0 Å². The number of amides is 2. The van der Waals surface area contributed by atoms with Crippen LogP contribution < -0.4 is 31.6 Å². The fraction of sp³-hybridized carbons (Fsp3) is 0.0500. The molecule has 0 fully saturated rings. The number of ether oxygens (including phenoxy) is 2. The van der Waals surface area contributed by atoms with Gasteiger partial charge in [0.1, 0.15) is 23.0 Å². The molecule has 4 aromatic heterocycles. The molecule has 0 atom stereocenters. The number of benzene rings is 4. The van der Waals surface area contributed by atoms with Gasteiger partial charge in [-0.2, -0.15) is 9.97 Å². The fourth-order valence-corrected chi connectivity index (χ4v) is 5.98. The quantitative estimate of drug-likeness (QED) is 0.0754. The number of anilines is 4. The predicted octanol–water partition coefficient (Wildman–Crippen LogP) is 6.73. The summed E-state index contributed by atoms with van der Waals surface area (Å²) in [4.78, 5) is 30.5. The minimum absolute atomic E-state index is 0.129. The third-order valence-corrected chi connectivity index (χ3v) is 8.81. The molecule has 58 heavy (non-hydrogen) atoms. The number of rotatable bonds is 12. The number of phenols is 2. The maximum atomic E-state index is 10.9. The Morgan fingerprint density at radius 1 is 0.603 bits per heavy atom. The Labute approximate surface area is 339 Å². The van der Waals surface area contributed by atoms with Crippen molar-refractivity contribution in [3.05, 3.63) is 132 Å². The molecule has 18 heteroatoms. The molecule has 8 aromatic rings. The first kappa shape index (κ1) is 38.7. The Morgan fingerprint density at radius 3 is 1.62 bits per heavy atom. The van der Waals surface area contributed by atoms with Crippen LogP contribution in [0.5, 0.6) is 23.0 Å². The SMILES string of the molecule is NC(=O)COc1ccc(Nc2nc3ccc(-c4cc(O)ccc4Cl)cn3n2)cc1.NC(=O)COc1cccc(Nc2nc3ccc(-c4cc(O)ccc4Cl)cn3n2)c1. The monoisotopic (exact) mass is 818 g/mol. The molecule has 4 heterocycles. The van der Waals surface area contributed by atoms with Gasteiger partial charge < -0.3 is 41.8 Å². The number of halogens is 2. The minimum Gasteiger partial charge on any atom is -0.508 e. The molecule has 292 valence electrons. The van der Waals surface area contributed by atoms with Crippen LogP contribution in [0.3, 0.4) is 0 Å². The molecular formula is C40H32Cl2N10O6. The van der Waals surface area contributed by atoms with E-state index in [1.54, 1.807) is 94.2 Å². The number of aromatic nitrogens is 6. The summed E-state index contributed by atoms with van der Waals surface area (Å²) in [6.45, 7) is -0.372. The Hall–Kier alpha value is -7.56. The molecule has 8 N–H and O–H groups in total. The molecule has 0 radical (unpaired) electrons. The van der Waals surface area contributed by atoms with E-state index in [9.17, 15) is 19.8 Å². The van der Waals surface area contributed by atoms with Crippen molar-refractivity contribution in [2.75, 3.05) is 23.8 Å². The van der Waals surface area contributed by atoms with Gasteiger partial charge in [0.2, 0.25) is 11.9 Å². The van der Waals surface area contributed by atoms with Crippen molar-refractivity contribution < 1.29 is 29.3 Å².